The molecule has 7 heteroatoms. The number of phenolic OH excluding ortho intramolecular Hbond substituents is 1. The fourth-order valence-electron chi connectivity index (χ4n) is 8.01. The van der Waals surface area contributed by atoms with Gasteiger partial charge in [-0.15, -0.1) is 0 Å². The Labute approximate surface area is 201 Å². The zero-order valence-corrected chi connectivity index (χ0v) is 20.5. The lowest BCUT2D eigenvalue weighted by atomic mass is 9.48. The van der Waals surface area contributed by atoms with E-state index in [1.54, 1.807) is 6.07 Å². The summed E-state index contributed by atoms with van der Waals surface area (Å²) in [6.45, 7) is 6.23. The van der Waals surface area contributed by atoms with Crippen molar-refractivity contribution >= 4 is 5.97 Å². The second kappa shape index (κ2) is 7.84. The van der Waals surface area contributed by atoms with Crippen molar-refractivity contribution < 1.29 is 24.5 Å². The molecule has 2 aliphatic heterocycles. The summed E-state index contributed by atoms with van der Waals surface area (Å²) >= 11 is 0. The number of likely N-dealkylation sites (tertiary alicyclic amines) is 1. The number of methoxy groups -OCH3 is 1. The third kappa shape index (κ3) is 3.02. The summed E-state index contributed by atoms with van der Waals surface area (Å²) < 4.78 is 13.3. The Bertz CT molecular complexity index is 993. The van der Waals surface area contributed by atoms with Crippen molar-refractivity contribution in [1.29, 1.82) is 0 Å². The number of ether oxygens (including phenoxy) is 2. The first-order valence-electron chi connectivity index (χ1n) is 13.1. The Morgan fingerprint density at radius 1 is 1.29 bits per heavy atom. The average molecular weight is 471 g/mol. The Balaban J connectivity index is 1.44. The summed E-state index contributed by atoms with van der Waals surface area (Å²) in [4.78, 5) is 14.8. The molecule has 6 atom stereocenters. The van der Waals surface area contributed by atoms with Crippen LogP contribution in [0.3, 0.4) is 0 Å². The van der Waals surface area contributed by atoms with E-state index in [1.165, 1.54) is 18.4 Å². The third-order valence-electron chi connectivity index (χ3n) is 9.51. The van der Waals surface area contributed by atoms with Crippen LogP contribution in [0.4, 0.5) is 0 Å². The zero-order chi connectivity index (χ0) is 23.8. The minimum Gasteiger partial charge on any atom is -0.504 e. The monoisotopic (exact) mass is 470 g/mol. The maximum atomic E-state index is 12.1. The van der Waals surface area contributed by atoms with Crippen LogP contribution in [0.25, 0.3) is 0 Å². The van der Waals surface area contributed by atoms with Gasteiger partial charge in [0.1, 0.15) is 12.1 Å². The van der Waals surface area contributed by atoms with Crippen LogP contribution in [0.1, 0.15) is 63.5 Å². The molecule has 1 aromatic rings. The Hall–Kier alpha value is -1.83. The normalized spacial score (nSPS) is 36.8. The first-order chi connectivity index (χ1) is 16.3. The molecule has 0 radical (unpaired) electrons. The summed E-state index contributed by atoms with van der Waals surface area (Å²) in [6, 6.07) is 3.38. The summed E-state index contributed by atoms with van der Waals surface area (Å²) in [7, 11) is 1.85. The Morgan fingerprint density at radius 2 is 2.09 bits per heavy atom. The van der Waals surface area contributed by atoms with Gasteiger partial charge in [0.05, 0.1) is 11.0 Å². The lowest BCUT2D eigenvalue weighted by Gasteiger charge is -2.65. The van der Waals surface area contributed by atoms with Crippen molar-refractivity contribution in [2.45, 2.75) is 94.0 Å². The fraction of sp³-hybridized carbons (Fsp3) is 0.741. The highest BCUT2D eigenvalue weighted by atomic mass is 16.5. The number of rotatable bonds is 8. The number of piperidine rings is 1. The molecule has 0 amide bonds. The average Bonchev–Trinajstić information content (AvgIpc) is 3.54. The quantitative estimate of drug-likeness (QED) is 0.538. The molecule has 34 heavy (non-hydrogen) atoms. The highest BCUT2D eigenvalue weighted by Crippen LogP contribution is 2.66. The molecule has 2 bridgehead atoms. The van der Waals surface area contributed by atoms with Crippen LogP contribution in [-0.4, -0.2) is 71.1 Å². The molecule has 2 unspecified atom stereocenters. The van der Waals surface area contributed by atoms with E-state index in [2.05, 4.69) is 30.1 Å². The van der Waals surface area contributed by atoms with Crippen molar-refractivity contribution in [2.75, 3.05) is 20.2 Å². The van der Waals surface area contributed by atoms with Gasteiger partial charge in [0.2, 0.25) is 0 Å². The number of hydrogen-bond acceptors (Lipinski definition) is 6. The topological polar surface area (TPSA) is 91.3 Å². The Morgan fingerprint density at radius 3 is 2.76 bits per heavy atom. The van der Waals surface area contributed by atoms with Crippen LogP contribution in [0.5, 0.6) is 11.5 Å². The van der Waals surface area contributed by atoms with Gasteiger partial charge < -0.3 is 19.7 Å². The molecule has 5 aliphatic rings. The molecular weight excluding hydrogens is 432 g/mol. The summed E-state index contributed by atoms with van der Waals surface area (Å²) in [5, 5.41) is 24.3. The molecule has 2 saturated carbocycles. The van der Waals surface area contributed by atoms with Gasteiger partial charge in [0.15, 0.2) is 11.5 Å². The van der Waals surface area contributed by atoms with Gasteiger partial charge in [0, 0.05) is 31.3 Å². The highest BCUT2D eigenvalue weighted by Gasteiger charge is 2.74. The molecule has 3 aliphatic carbocycles. The number of carbonyl (C=O) groups is 1. The molecule has 3 fully saturated rings. The van der Waals surface area contributed by atoms with Crippen LogP contribution in [0.2, 0.25) is 0 Å². The number of nitrogens with zero attached hydrogens (tertiary/aromatic N) is 1. The fourth-order valence-corrected chi connectivity index (χ4v) is 8.01. The van der Waals surface area contributed by atoms with Gasteiger partial charge in [-0.2, -0.15) is 0 Å². The van der Waals surface area contributed by atoms with E-state index in [4.69, 9.17) is 9.47 Å². The standard InChI is InChI=1S/C27H38N2O5/c1-15(2)12-19(25(31)32)28-18-8-9-27(33-3)21-13-17-6-7-20(30)23-22(17)26(27,24(18)34-23)10-11-29(21)14-16-4-5-16/h6-7,15-16,18-19,21,24,28,30H,4-5,8-14H2,1-3H3,(H,31,32)/t18?,19-,21+,24?,26-,27+/m0/s1. The first kappa shape index (κ1) is 22.6. The lowest BCUT2D eigenvalue weighted by molar-refractivity contribution is -0.208. The summed E-state index contributed by atoms with van der Waals surface area (Å²) in [5.41, 5.74) is 1.60. The minimum atomic E-state index is -0.811. The minimum absolute atomic E-state index is 0.114. The van der Waals surface area contributed by atoms with Crippen LogP contribution in [0.15, 0.2) is 12.1 Å². The molecule has 1 aromatic carbocycles. The number of aliphatic carboxylic acids is 1. The largest absolute Gasteiger partial charge is 0.504 e. The number of benzene rings is 1. The second-order valence-electron chi connectivity index (χ2n) is 11.8. The van der Waals surface area contributed by atoms with Crippen LogP contribution in [-0.2, 0) is 21.4 Å². The van der Waals surface area contributed by atoms with Crippen molar-refractivity contribution in [1.82, 2.24) is 10.2 Å². The van der Waals surface area contributed by atoms with Crippen LogP contribution in [0, 0.1) is 11.8 Å². The van der Waals surface area contributed by atoms with E-state index in [9.17, 15) is 15.0 Å². The summed E-state index contributed by atoms with van der Waals surface area (Å²) in [5.74, 6) is 1.05. The van der Waals surface area contributed by atoms with E-state index in [0.717, 1.165) is 50.3 Å². The second-order valence-corrected chi connectivity index (χ2v) is 11.8. The predicted molar refractivity (Wildman–Crippen MR) is 127 cm³/mol. The van der Waals surface area contributed by atoms with Gasteiger partial charge in [-0.25, -0.2) is 0 Å². The van der Waals surface area contributed by atoms with Gasteiger partial charge in [-0.05, 0) is 75.0 Å². The van der Waals surface area contributed by atoms with Gasteiger partial charge in [-0.3, -0.25) is 15.0 Å². The van der Waals surface area contributed by atoms with Crippen molar-refractivity contribution in [3.8, 4) is 11.5 Å². The zero-order valence-electron chi connectivity index (χ0n) is 20.5. The third-order valence-corrected chi connectivity index (χ3v) is 9.51. The number of hydrogen-bond donors (Lipinski definition) is 3. The molecule has 186 valence electrons. The molecule has 3 N–H and O–H groups in total. The van der Waals surface area contributed by atoms with Crippen molar-refractivity contribution in [2.24, 2.45) is 11.8 Å². The van der Waals surface area contributed by atoms with E-state index >= 15 is 0 Å². The number of phenols is 1. The molecule has 1 saturated heterocycles. The molecule has 1 spiro atoms. The maximum absolute atomic E-state index is 12.1. The van der Waals surface area contributed by atoms with E-state index in [-0.39, 0.29) is 35.3 Å². The van der Waals surface area contributed by atoms with Crippen molar-refractivity contribution in [3.63, 3.8) is 0 Å². The number of carboxylic acids is 1. The van der Waals surface area contributed by atoms with Crippen molar-refractivity contribution in [3.05, 3.63) is 23.3 Å². The smallest absolute Gasteiger partial charge is 0.320 e. The van der Waals surface area contributed by atoms with Crippen LogP contribution >= 0.6 is 0 Å². The molecule has 6 rings (SSSR count). The highest BCUT2D eigenvalue weighted by molar-refractivity contribution is 5.73. The first-order valence-corrected chi connectivity index (χ1v) is 13.1. The van der Waals surface area contributed by atoms with Gasteiger partial charge in [0.25, 0.3) is 0 Å². The predicted octanol–water partition coefficient (Wildman–Crippen LogP) is 3.07. The lowest BCUT2D eigenvalue weighted by Crippen LogP contribution is -2.79. The number of aromatic hydroxyl groups is 1. The molecule has 0 aromatic heterocycles. The molecule has 2 heterocycles. The van der Waals surface area contributed by atoms with E-state index in [1.807, 2.05) is 7.11 Å². The molecular formula is C27H38N2O5. The van der Waals surface area contributed by atoms with Gasteiger partial charge in [-0.1, -0.05) is 19.9 Å². The maximum Gasteiger partial charge on any atom is 0.320 e. The summed E-state index contributed by atoms with van der Waals surface area (Å²) in [6.07, 6.45) is 6.42. The molecule has 7 nitrogen and oxygen atoms in total. The van der Waals surface area contributed by atoms with Crippen LogP contribution < -0.4 is 10.1 Å². The van der Waals surface area contributed by atoms with E-state index in [0.29, 0.717) is 12.2 Å². The SMILES string of the molecule is CO[C@@]12CCC(N[C@@H](CC(C)C)C(=O)O)C3Oc4c(O)ccc5c4[C@@]31CCN(CC1CC1)[C@@H]2C5. The number of carboxylic acid groups (broad SMARTS) is 1. The van der Waals surface area contributed by atoms with Gasteiger partial charge >= 0.3 is 5.97 Å². The Kier molecular flexibility index (Phi) is 5.21. The van der Waals surface area contributed by atoms with E-state index < -0.39 is 17.6 Å². The number of nitrogens with one attached hydrogen (secondary N) is 1.